The van der Waals surface area contributed by atoms with E-state index in [2.05, 4.69) is 22.6 Å². The molecule has 3 N–H and O–H groups in total. The molecular formula is C33H49ClN6O6. The number of amides is 1. The maximum absolute atomic E-state index is 13.4. The largest absolute Gasteiger partial charge is 0.456 e. The molecule has 4 rings (SSSR count). The van der Waals surface area contributed by atoms with E-state index in [1.165, 1.54) is 0 Å². The minimum Gasteiger partial charge on any atom is -0.456 e. The van der Waals surface area contributed by atoms with E-state index >= 15 is 0 Å². The number of nitrogens with zero attached hydrogens (tertiary/aromatic N) is 4. The average molecular weight is 661 g/mol. The van der Waals surface area contributed by atoms with Gasteiger partial charge >= 0.3 is 12.1 Å². The third kappa shape index (κ3) is 8.19. The van der Waals surface area contributed by atoms with Gasteiger partial charge in [0.25, 0.3) is 0 Å². The van der Waals surface area contributed by atoms with Crippen molar-refractivity contribution >= 4 is 35.1 Å². The number of aromatic nitrogens is 3. The average Bonchev–Trinajstić information content (AvgIpc) is 3.60. The summed E-state index contributed by atoms with van der Waals surface area (Å²) in [5.74, 6) is -1.72. The summed E-state index contributed by atoms with van der Waals surface area (Å²) in [5, 5.41) is 10.4. The predicted octanol–water partition coefficient (Wildman–Crippen LogP) is 4.79. The van der Waals surface area contributed by atoms with Gasteiger partial charge < -0.3 is 25.3 Å². The van der Waals surface area contributed by atoms with E-state index in [9.17, 15) is 14.4 Å². The fourth-order valence-electron chi connectivity index (χ4n) is 6.49. The van der Waals surface area contributed by atoms with Crippen LogP contribution in [-0.4, -0.2) is 86.8 Å². The number of fused-ring (bicyclic) bond motifs is 1. The van der Waals surface area contributed by atoms with Crippen molar-refractivity contribution < 1.29 is 28.6 Å². The van der Waals surface area contributed by atoms with E-state index in [-0.39, 0.29) is 24.2 Å². The van der Waals surface area contributed by atoms with Gasteiger partial charge in [0.2, 0.25) is 5.06 Å². The first-order valence-electron chi connectivity index (χ1n) is 16.3. The highest BCUT2D eigenvalue weighted by Gasteiger charge is 2.60. The number of anilines is 1. The second-order valence-corrected chi connectivity index (χ2v) is 13.7. The molecule has 3 heterocycles. The Kier molecular flexibility index (Phi) is 11.7. The molecule has 0 spiro atoms. The molecule has 254 valence electrons. The molecule has 0 unspecified atom stereocenters. The lowest BCUT2D eigenvalue weighted by Gasteiger charge is -2.39. The minimum atomic E-state index is -1.65. The molecule has 7 atom stereocenters. The highest BCUT2D eigenvalue weighted by Crippen LogP contribution is 2.42. The lowest BCUT2D eigenvalue weighted by Crippen LogP contribution is -2.59. The monoisotopic (exact) mass is 660 g/mol. The molecule has 2 saturated heterocycles. The molecule has 2 aliphatic heterocycles. The Balaban J connectivity index is 1.51. The number of nitrogen functional groups attached to an aromatic ring is 1. The highest BCUT2D eigenvalue weighted by atomic mass is 35.5. The number of ether oxygens (including phenoxy) is 3. The number of cyclic esters (lactones) is 1. The number of esters is 1. The number of hydrogen-bond donors (Lipinski definition) is 2. The van der Waals surface area contributed by atoms with Crippen molar-refractivity contribution in [1.82, 2.24) is 25.2 Å². The Morgan fingerprint density at radius 1 is 1.17 bits per heavy atom. The second-order valence-electron chi connectivity index (χ2n) is 13.1. The lowest BCUT2D eigenvalue weighted by atomic mass is 9.86. The van der Waals surface area contributed by atoms with Crippen LogP contribution >= 0.6 is 11.6 Å². The first-order valence-corrected chi connectivity index (χ1v) is 16.6. The SMILES string of the molecule is CC[C@H]1OC(=O)[C@H](C)C(=O)CC[C@](C)(OC)C[C@@H](C)CN[C@H](C)[C@H]2N(CCCCn3cc(-c4cccc(N)c4)nn3)C(=O)O[C@]12Cl. The van der Waals surface area contributed by atoms with Crippen LogP contribution < -0.4 is 11.1 Å². The van der Waals surface area contributed by atoms with Gasteiger partial charge in [-0.2, -0.15) is 0 Å². The lowest BCUT2D eigenvalue weighted by molar-refractivity contribution is -0.164. The number of hydrogen-bond acceptors (Lipinski definition) is 10. The fraction of sp³-hybridized carbons (Fsp3) is 0.667. The van der Waals surface area contributed by atoms with Crippen LogP contribution in [0.4, 0.5) is 10.5 Å². The topological polar surface area (TPSA) is 151 Å². The Hall–Kier alpha value is -3.22. The van der Waals surface area contributed by atoms with E-state index in [1.807, 2.05) is 51.2 Å². The van der Waals surface area contributed by atoms with Gasteiger partial charge in [-0.15, -0.1) is 5.10 Å². The zero-order chi connectivity index (χ0) is 33.6. The molecule has 12 nitrogen and oxygen atoms in total. The highest BCUT2D eigenvalue weighted by molar-refractivity contribution is 6.25. The van der Waals surface area contributed by atoms with Crippen molar-refractivity contribution in [2.24, 2.45) is 11.8 Å². The van der Waals surface area contributed by atoms with Gasteiger partial charge in [0.05, 0.1) is 11.8 Å². The number of carbonyl (C=O) groups is 3. The standard InChI is InChI=1S/C33H49ClN6O6/c1-7-28-33(34)29(23(4)36-19-21(2)18-32(5,44-6)14-13-27(41)22(3)30(42)45-28)40(31(43)46-33)16-9-8-15-39-20-26(37-38-39)24-11-10-12-25(35)17-24/h10-12,17,20-23,28-29,36H,7-9,13-16,18-19,35H2,1-6H3/t21-,22-,23-,28-,29-,32+,33-/m1/s1. The Bertz CT molecular complexity index is 1370. The van der Waals surface area contributed by atoms with E-state index in [1.54, 1.807) is 23.6 Å². The Labute approximate surface area is 276 Å². The molecule has 0 saturated carbocycles. The van der Waals surface area contributed by atoms with Crippen molar-refractivity contribution in [1.29, 1.82) is 0 Å². The van der Waals surface area contributed by atoms with Gasteiger partial charge in [-0.3, -0.25) is 19.2 Å². The molecule has 46 heavy (non-hydrogen) atoms. The van der Waals surface area contributed by atoms with Crippen LogP contribution in [-0.2, 0) is 30.3 Å². The van der Waals surface area contributed by atoms with Crippen molar-refractivity contribution in [3.63, 3.8) is 0 Å². The van der Waals surface area contributed by atoms with Gasteiger partial charge in [-0.25, -0.2) is 4.79 Å². The molecule has 0 aliphatic carbocycles. The fourth-order valence-corrected chi connectivity index (χ4v) is 7.06. The summed E-state index contributed by atoms with van der Waals surface area (Å²) >= 11 is 7.22. The van der Waals surface area contributed by atoms with E-state index in [4.69, 9.17) is 31.5 Å². The number of halogens is 1. The van der Waals surface area contributed by atoms with Gasteiger partial charge in [-0.05, 0) is 77.5 Å². The number of alkyl halides is 1. The molecule has 0 bridgehead atoms. The van der Waals surface area contributed by atoms with Gasteiger partial charge in [0.15, 0.2) is 6.10 Å². The number of ketones is 1. The third-order valence-electron chi connectivity index (χ3n) is 9.31. The van der Waals surface area contributed by atoms with Crippen molar-refractivity contribution in [3.05, 3.63) is 30.5 Å². The quantitative estimate of drug-likeness (QED) is 0.133. The number of unbranched alkanes of at least 4 members (excludes halogenated alkanes) is 1. The molecular weight excluding hydrogens is 612 g/mol. The third-order valence-corrected chi connectivity index (χ3v) is 9.86. The van der Waals surface area contributed by atoms with Crippen LogP contribution in [0.25, 0.3) is 11.3 Å². The number of methoxy groups -OCH3 is 1. The zero-order valence-electron chi connectivity index (χ0n) is 27.8. The van der Waals surface area contributed by atoms with Crippen LogP contribution in [0.5, 0.6) is 0 Å². The summed E-state index contributed by atoms with van der Waals surface area (Å²) in [4.78, 5) is 41.3. The number of nitrogens with one attached hydrogen (secondary N) is 1. The summed E-state index contributed by atoms with van der Waals surface area (Å²) in [7, 11) is 1.65. The van der Waals surface area contributed by atoms with Crippen LogP contribution in [0.15, 0.2) is 30.5 Å². The van der Waals surface area contributed by atoms with Crippen molar-refractivity contribution in [2.75, 3.05) is 25.9 Å². The molecule has 2 aromatic rings. The van der Waals surface area contributed by atoms with Crippen LogP contribution in [0.1, 0.15) is 73.1 Å². The van der Waals surface area contributed by atoms with Gasteiger partial charge in [-0.1, -0.05) is 42.8 Å². The normalized spacial score (nSPS) is 31.5. The van der Waals surface area contributed by atoms with Crippen LogP contribution in [0.2, 0.25) is 0 Å². The first kappa shape index (κ1) is 35.6. The van der Waals surface area contributed by atoms with Crippen LogP contribution in [0.3, 0.4) is 0 Å². The molecule has 1 amide bonds. The van der Waals surface area contributed by atoms with Gasteiger partial charge in [0, 0.05) is 43.9 Å². The molecule has 1 aromatic heterocycles. The van der Waals surface area contributed by atoms with Gasteiger partial charge in [0.1, 0.15) is 23.4 Å². The molecule has 2 aliphatic rings. The summed E-state index contributed by atoms with van der Waals surface area (Å²) in [6.45, 7) is 11.0. The number of benzene rings is 1. The summed E-state index contributed by atoms with van der Waals surface area (Å²) in [6.07, 6.45) is 3.35. The van der Waals surface area contributed by atoms with Crippen LogP contribution in [0, 0.1) is 11.8 Å². The van der Waals surface area contributed by atoms with Crippen molar-refractivity contribution in [3.8, 4) is 11.3 Å². The molecule has 2 fully saturated rings. The van der Waals surface area contributed by atoms with E-state index in [0.717, 1.165) is 11.3 Å². The summed E-state index contributed by atoms with van der Waals surface area (Å²) in [6, 6.07) is 6.51. The maximum Gasteiger partial charge on any atom is 0.412 e. The number of aryl methyl sites for hydroxylation is 1. The number of nitrogens with two attached hydrogens (primary N) is 1. The van der Waals surface area contributed by atoms with Crippen molar-refractivity contribution in [2.45, 2.75) is 109 Å². The molecule has 0 radical (unpaired) electrons. The summed E-state index contributed by atoms with van der Waals surface area (Å²) in [5.41, 5.74) is 7.65. The number of carbonyl (C=O) groups excluding carboxylic acids is 3. The molecule has 1 aromatic carbocycles. The second kappa shape index (κ2) is 15.1. The Morgan fingerprint density at radius 2 is 1.91 bits per heavy atom. The first-order chi connectivity index (χ1) is 21.8. The van der Waals surface area contributed by atoms with E-state index < -0.39 is 40.8 Å². The smallest absolute Gasteiger partial charge is 0.412 e. The Morgan fingerprint density at radius 3 is 2.61 bits per heavy atom. The summed E-state index contributed by atoms with van der Waals surface area (Å²) < 4.78 is 19.4. The number of Topliss-reactive ketones (excluding diaryl/α,β-unsaturated/α-hetero) is 1. The zero-order valence-corrected chi connectivity index (χ0v) is 28.6. The predicted molar refractivity (Wildman–Crippen MR) is 175 cm³/mol. The van der Waals surface area contributed by atoms with E-state index in [0.29, 0.717) is 57.4 Å². The minimum absolute atomic E-state index is 0.181. The maximum atomic E-state index is 13.4. The number of rotatable bonds is 8. The molecule has 13 heteroatoms.